The maximum atomic E-state index is 7.15. The molecule has 0 unspecified atom stereocenters. The Kier molecular flexibility index (Phi) is 6.88. The van der Waals surface area contributed by atoms with Gasteiger partial charge in [0, 0.05) is 38.7 Å². The Labute approximate surface area is 331 Å². The minimum Gasteiger partial charge on any atom is -0.455 e. The lowest BCUT2D eigenvalue weighted by Crippen LogP contribution is -2.32. The van der Waals surface area contributed by atoms with Gasteiger partial charge in [0.1, 0.15) is 11.5 Å². The van der Waals surface area contributed by atoms with Crippen LogP contribution in [0.1, 0.15) is 22.3 Å². The largest absolute Gasteiger partial charge is 0.455 e. The number of para-hydroxylation sites is 2. The van der Waals surface area contributed by atoms with E-state index in [2.05, 4.69) is 217 Å². The number of anilines is 3. The molecule has 2 nitrogen and oxygen atoms in total. The van der Waals surface area contributed by atoms with Crippen molar-refractivity contribution in [3.63, 3.8) is 0 Å². The zero-order valence-electron chi connectivity index (χ0n) is 31.1. The molecular weight excluding hydrogens is 691 g/mol. The van der Waals surface area contributed by atoms with Crippen molar-refractivity contribution in [2.75, 3.05) is 4.90 Å². The van der Waals surface area contributed by atoms with Crippen LogP contribution in [0.5, 0.6) is 11.5 Å². The molecule has 10 aromatic rings. The Morgan fingerprint density at radius 3 is 1.53 bits per heavy atom. The van der Waals surface area contributed by atoms with Crippen LogP contribution in [0, 0.1) is 0 Å². The summed E-state index contributed by atoms with van der Waals surface area (Å²) in [6.45, 7) is 0. The van der Waals surface area contributed by atoms with Crippen molar-refractivity contribution in [2.24, 2.45) is 0 Å². The molecule has 0 radical (unpaired) electrons. The molecule has 0 aromatic heterocycles. The second kappa shape index (κ2) is 12.3. The van der Waals surface area contributed by atoms with Gasteiger partial charge in [-0.2, -0.15) is 0 Å². The lowest BCUT2D eigenvalue weighted by Gasteiger charge is -2.40. The van der Waals surface area contributed by atoms with Crippen LogP contribution in [0.15, 0.2) is 212 Å². The van der Waals surface area contributed by atoms with E-state index in [9.17, 15) is 0 Å². The first kappa shape index (κ1) is 31.9. The third-order valence-corrected chi connectivity index (χ3v) is 12.3. The summed E-state index contributed by atoms with van der Waals surface area (Å²) >= 11 is 0. The van der Waals surface area contributed by atoms with Gasteiger partial charge in [-0.1, -0.05) is 176 Å². The molecule has 0 bridgehead atoms. The summed E-state index contributed by atoms with van der Waals surface area (Å²) in [6.07, 6.45) is 0. The SMILES string of the molecule is c1ccc(N(c2ccccc2)c2cccc3c(-c4ccc5c(c4)-c4ccccc4C54c5ccc6ccccc6c5Oc5c4ccc4ccccc54)cccc23)cc1. The average Bonchev–Trinajstić information content (AvgIpc) is 3.57. The second-order valence-corrected chi connectivity index (χ2v) is 15.2. The minimum atomic E-state index is -0.570. The van der Waals surface area contributed by atoms with Crippen molar-refractivity contribution in [1.82, 2.24) is 0 Å². The molecule has 1 aliphatic heterocycles. The van der Waals surface area contributed by atoms with Gasteiger partial charge < -0.3 is 9.64 Å². The van der Waals surface area contributed by atoms with Crippen molar-refractivity contribution in [2.45, 2.75) is 5.41 Å². The lowest BCUT2D eigenvalue weighted by molar-refractivity contribution is 0.447. The van der Waals surface area contributed by atoms with E-state index in [0.717, 1.165) is 39.3 Å². The van der Waals surface area contributed by atoms with E-state index < -0.39 is 5.41 Å². The van der Waals surface area contributed by atoms with Gasteiger partial charge in [0.05, 0.1) is 11.1 Å². The van der Waals surface area contributed by atoms with Crippen LogP contribution in [0.2, 0.25) is 0 Å². The molecule has 12 rings (SSSR count). The number of rotatable bonds is 4. The van der Waals surface area contributed by atoms with E-state index in [0.29, 0.717) is 0 Å². The van der Waals surface area contributed by atoms with Gasteiger partial charge in [-0.15, -0.1) is 0 Å². The van der Waals surface area contributed by atoms with Crippen LogP contribution in [0.25, 0.3) is 54.6 Å². The molecule has 0 saturated carbocycles. The average molecular weight is 726 g/mol. The van der Waals surface area contributed by atoms with Gasteiger partial charge in [0.15, 0.2) is 0 Å². The molecule has 2 aliphatic rings. The van der Waals surface area contributed by atoms with Gasteiger partial charge in [0.25, 0.3) is 0 Å². The van der Waals surface area contributed by atoms with Crippen molar-refractivity contribution in [1.29, 1.82) is 0 Å². The summed E-state index contributed by atoms with van der Waals surface area (Å²) in [4.78, 5) is 2.36. The predicted octanol–water partition coefficient (Wildman–Crippen LogP) is 14.8. The summed E-state index contributed by atoms with van der Waals surface area (Å²) < 4.78 is 7.15. The molecular formula is C55H35NO. The highest BCUT2D eigenvalue weighted by molar-refractivity contribution is 6.07. The van der Waals surface area contributed by atoms with E-state index in [-0.39, 0.29) is 0 Å². The summed E-state index contributed by atoms with van der Waals surface area (Å²) in [6, 6.07) is 77.3. The highest BCUT2D eigenvalue weighted by Gasteiger charge is 2.51. The number of benzene rings is 10. The third-order valence-electron chi connectivity index (χ3n) is 12.3. The van der Waals surface area contributed by atoms with Crippen LogP contribution in [0.3, 0.4) is 0 Å². The van der Waals surface area contributed by atoms with Crippen LogP contribution >= 0.6 is 0 Å². The first-order valence-corrected chi connectivity index (χ1v) is 19.7. The monoisotopic (exact) mass is 725 g/mol. The normalized spacial score (nSPS) is 13.2. The summed E-state index contributed by atoms with van der Waals surface area (Å²) in [5.41, 5.74) is 12.7. The molecule has 0 atom stereocenters. The fraction of sp³-hybridized carbons (Fsp3) is 0.0182. The zero-order valence-corrected chi connectivity index (χ0v) is 31.1. The van der Waals surface area contributed by atoms with Crippen molar-refractivity contribution in [3.05, 3.63) is 235 Å². The molecule has 0 N–H and O–H groups in total. The van der Waals surface area contributed by atoms with Crippen LogP contribution < -0.4 is 9.64 Å². The Morgan fingerprint density at radius 1 is 0.333 bits per heavy atom. The van der Waals surface area contributed by atoms with E-state index in [1.54, 1.807) is 0 Å². The fourth-order valence-corrected chi connectivity index (χ4v) is 9.90. The quantitative estimate of drug-likeness (QED) is 0.179. The van der Waals surface area contributed by atoms with Crippen LogP contribution in [-0.2, 0) is 5.41 Å². The number of nitrogens with zero attached hydrogens (tertiary/aromatic N) is 1. The number of ether oxygens (including phenoxy) is 1. The first-order valence-electron chi connectivity index (χ1n) is 19.7. The molecule has 1 aliphatic carbocycles. The lowest BCUT2D eigenvalue weighted by atomic mass is 9.65. The topological polar surface area (TPSA) is 12.5 Å². The summed E-state index contributed by atoms with van der Waals surface area (Å²) in [5.74, 6) is 1.87. The highest BCUT2D eigenvalue weighted by Crippen LogP contribution is 2.64. The fourth-order valence-electron chi connectivity index (χ4n) is 9.90. The first-order chi connectivity index (χ1) is 28.3. The Balaban J connectivity index is 1.11. The van der Waals surface area contributed by atoms with E-state index >= 15 is 0 Å². The Morgan fingerprint density at radius 2 is 0.842 bits per heavy atom. The molecule has 1 heterocycles. The van der Waals surface area contributed by atoms with Gasteiger partial charge >= 0.3 is 0 Å². The minimum absolute atomic E-state index is 0.570. The van der Waals surface area contributed by atoms with Gasteiger partial charge in [-0.3, -0.25) is 0 Å². The molecule has 1 spiro atoms. The zero-order chi connectivity index (χ0) is 37.5. The van der Waals surface area contributed by atoms with Crippen LogP contribution in [0.4, 0.5) is 17.1 Å². The second-order valence-electron chi connectivity index (χ2n) is 15.2. The third kappa shape index (κ3) is 4.53. The maximum Gasteiger partial charge on any atom is 0.140 e. The highest BCUT2D eigenvalue weighted by atomic mass is 16.5. The van der Waals surface area contributed by atoms with E-state index in [1.807, 2.05) is 0 Å². The molecule has 0 saturated heterocycles. The smallest absolute Gasteiger partial charge is 0.140 e. The molecule has 57 heavy (non-hydrogen) atoms. The summed E-state index contributed by atoms with van der Waals surface area (Å²) in [7, 11) is 0. The van der Waals surface area contributed by atoms with Crippen molar-refractivity contribution in [3.8, 4) is 33.8 Å². The van der Waals surface area contributed by atoms with Crippen LogP contribution in [-0.4, -0.2) is 0 Å². The number of hydrogen-bond acceptors (Lipinski definition) is 2. The number of hydrogen-bond donors (Lipinski definition) is 0. The van der Waals surface area contributed by atoms with Crippen molar-refractivity contribution < 1.29 is 4.74 Å². The molecule has 0 fully saturated rings. The predicted molar refractivity (Wildman–Crippen MR) is 236 cm³/mol. The van der Waals surface area contributed by atoms with E-state index in [4.69, 9.17) is 4.74 Å². The molecule has 10 aromatic carbocycles. The Hall–Kier alpha value is -7.42. The maximum absolute atomic E-state index is 7.15. The molecule has 0 amide bonds. The Bertz CT molecular complexity index is 3100. The number of fused-ring (bicyclic) bond motifs is 14. The molecule has 2 heteroatoms. The van der Waals surface area contributed by atoms with E-state index in [1.165, 1.54) is 66.1 Å². The van der Waals surface area contributed by atoms with Gasteiger partial charge in [-0.05, 0) is 85.9 Å². The van der Waals surface area contributed by atoms with Gasteiger partial charge in [-0.25, -0.2) is 0 Å². The standard InChI is InChI=1S/C55H35NO/c1-3-17-39(18-4-1)56(40-19-5-2-6-20-40)52-28-14-25-44-41(24-13-26-46(44)52)38-31-32-49-47(35-38)45-23-11-12-27-48(45)55(49)50-33-29-36-15-7-9-21-42(36)53(50)57-54-43-22-10-8-16-37(43)30-34-51(54)55/h1-35H. The molecule has 266 valence electrons. The van der Waals surface area contributed by atoms with Crippen molar-refractivity contribution >= 4 is 49.4 Å². The summed E-state index contributed by atoms with van der Waals surface area (Å²) in [5, 5.41) is 7.01. The van der Waals surface area contributed by atoms with Gasteiger partial charge in [0.2, 0.25) is 0 Å².